The largest absolute Gasteiger partial charge is 0.477 e. The number of quaternary nitrogens is 1. The molecular formula is C36H70NO7+. The van der Waals surface area contributed by atoms with Crippen LogP contribution in [-0.2, 0) is 28.6 Å². The summed E-state index contributed by atoms with van der Waals surface area (Å²) in [5.74, 6) is -1.46. The molecule has 0 aliphatic rings. The van der Waals surface area contributed by atoms with Crippen molar-refractivity contribution in [2.24, 2.45) is 0 Å². The van der Waals surface area contributed by atoms with E-state index in [9.17, 15) is 19.5 Å². The zero-order valence-electron chi connectivity index (χ0n) is 29.4. The Morgan fingerprint density at radius 2 is 1.00 bits per heavy atom. The number of likely N-dealkylation sites (N-methyl/N-ethyl adjacent to an activating group) is 1. The van der Waals surface area contributed by atoms with Gasteiger partial charge in [0.2, 0.25) is 0 Å². The van der Waals surface area contributed by atoms with Gasteiger partial charge in [-0.15, -0.1) is 0 Å². The van der Waals surface area contributed by atoms with Crippen molar-refractivity contribution in [1.29, 1.82) is 0 Å². The lowest BCUT2D eigenvalue weighted by Crippen LogP contribution is -2.50. The van der Waals surface area contributed by atoms with Gasteiger partial charge in [-0.1, -0.05) is 129 Å². The Kier molecular flexibility index (Phi) is 27.7. The number of ether oxygens (including phenoxy) is 3. The van der Waals surface area contributed by atoms with Gasteiger partial charge in [-0.25, -0.2) is 4.79 Å². The monoisotopic (exact) mass is 629 g/mol. The van der Waals surface area contributed by atoms with Crippen LogP contribution in [0.15, 0.2) is 0 Å². The van der Waals surface area contributed by atoms with E-state index in [1.165, 1.54) is 89.9 Å². The van der Waals surface area contributed by atoms with Crippen molar-refractivity contribution in [1.82, 2.24) is 0 Å². The maximum Gasteiger partial charge on any atom is 0.362 e. The van der Waals surface area contributed by atoms with Crippen LogP contribution in [0.4, 0.5) is 0 Å². The molecule has 0 aromatic carbocycles. The lowest BCUT2D eigenvalue weighted by molar-refractivity contribution is -0.887. The van der Waals surface area contributed by atoms with E-state index in [4.69, 9.17) is 14.2 Å². The van der Waals surface area contributed by atoms with Gasteiger partial charge in [0, 0.05) is 19.3 Å². The minimum Gasteiger partial charge on any atom is -0.477 e. The molecule has 8 nitrogen and oxygen atoms in total. The summed E-state index contributed by atoms with van der Waals surface area (Å²) in [5, 5.41) is 9.55. The molecule has 8 heteroatoms. The number of esters is 2. The first-order chi connectivity index (χ1) is 21.1. The molecule has 0 aliphatic carbocycles. The molecule has 0 aliphatic heterocycles. The summed E-state index contributed by atoms with van der Waals surface area (Å²) in [6.45, 7) is 4.71. The van der Waals surface area contributed by atoms with E-state index in [-0.39, 0.29) is 36.2 Å². The molecule has 0 saturated carbocycles. The Balaban J connectivity index is 4.44. The number of hydrogen-bond acceptors (Lipinski definition) is 6. The van der Waals surface area contributed by atoms with Gasteiger partial charge >= 0.3 is 17.9 Å². The molecule has 0 heterocycles. The lowest BCUT2D eigenvalue weighted by Gasteiger charge is -2.31. The first kappa shape index (κ1) is 42.3. The minimum atomic E-state index is -0.874. The van der Waals surface area contributed by atoms with E-state index in [0.29, 0.717) is 19.3 Å². The van der Waals surface area contributed by atoms with Gasteiger partial charge in [0.05, 0.1) is 34.4 Å². The fraction of sp³-hybridized carbons (Fsp3) is 0.917. The molecule has 2 atom stereocenters. The molecule has 44 heavy (non-hydrogen) atoms. The van der Waals surface area contributed by atoms with Crippen molar-refractivity contribution in [2.45, 2.75) is 174 Å². The number of rotatable bonds is 32. The summed E-state index contributed by atoms with van der Waals surface area (Å²) in [5.41, 5.74) is 0. The second kappa shape index (κ2) is 28.8. The number of carbonyl (C=O) groups is 3. The summed E-state index contributed by atoms with van der Waals surface area (Å²) in [6.07, 6.45) is 24.2. The van der Waals surface area contributed by atoms with Crippen LogP contribution >= 0.6 is 0 Å². The van der Waals surface area contributed by atoms with Crippen LogP contribution in [-0.4, -0.2) is 80.6 Å². The van der Waals surface area contributed by atoms with E-state index in [2.05, 4.69) is 13.8 Å². The number of carboxylic acids is 1. The Hall–Kier alpha value is -1.67. The average Bonchev–Trinajstić information content (AvgIpc) is 2.96. The Labute approximate surface area is 270 Å². The van der Waals surface area contributed by atoms with Gasteiger partial charge in [-0.2, -0.15) is 0 Å². The molecule has 2 unspecified atom stereocenters. The summed E-state index contributed by atoms with van der Waals surface area (Å²) in [7, 11) is 5.52. The summed E-state index contributed by atoms with van der Waals surface area (Å²) in [6, 6.07) is -0.605. The zero-order valence-corrected chi connectivity index (χ0v) is 29.4. The van der Waals surface area contributed by atoms with Gasteiger partial charge in [-0.05, 0) is 12.8 Å². The molecule has 0 rings (SSSR count). The van der Waals surface area contributed by atoms with Crippen LogP contribution in [0.5, 0.6) is 0 Å². The molecule has 0 saturated heterocycles. The third kappa shape index (κ3) is 26.7. The topological polar surface area (TPSA) is 99.1 Å². The van der Waals surface area contributed by atoms with E-state index in [1.807, 2.05) is 21.1 Å². The van der Waals surface area contributed by atoms with Crippen LogP contribution in [0.1, 0.15) is 162 Å². The highest BCUT2D eigenvalue weighted by Crippen LogP contribution is 2.14. The molecule has 0 amide bonds. The second-order valence-corrected chi connectivity index (χ2v) is 13.5. The molecular weight excluding hydrogens is 558 g/mol. The van der Waals surface area contributed by atoms with Crippen LogP contribution in [0.25, 0.3) is 0 Å². The SMILES string of the molecule is CCCCCCCCCCCCC(=O)OCC(COCCC(C(=O)O)[N+](C)(C)C)OC(=O)CCCCCCCCCCCC. The van der Waals surface area contributed by atoms with E-state index in [1.54, 1.807) is 0 Å². The highest BCUT2D eigenvalue weighted by Gasteiger charge is 2.31. The normalized spacial score (nSPS) is 13.0. The van der Waals surface area contributed by atoms with Gasteiger partial charge < -0.3 is 23.8 Å². The van der Waals surface area contributed by atoms with Crippen molar-refractivity contribution in [3.63, 3.8) is 0 Å². The van der Waals surface area contributed by atoms with Gasteiger partial charge in [0.25, 0.3) is 0 Å². The quantitative estimate of drug-likeness (QED) is 0.0452. The van der Waals surface area contributed by atoms with E-state index < -0.39 is 18.1 Å². The second-order valence-electron chi connectivity index (χ2n) is 13.5. The Morgan fingerprint density at radius 1 is 0.591 bits per heavy atom. The third-order valence-corrected chi connectivity index (χ3v) is 8.26. The maximum atomic E-state index is 12.6. The lowest BCUT2D eigenvalue weighted by atomic mass is 10.1. The van der Waals surface area contributed by atoms with Crippen LogP contribution in [0.2, 0.25) is 0 Å². The molecule has 0 fully saturated rings. The van der Waals surface area contributed by atoms with Crippen molar-refractivity contribution in [2.75, 3.05) is 41.0 Å². The van der Waals surface area contributed by atoms with Crippen molar-refractivity contribution >= 4 is 17.9 Å². The number of unbranched alkanes of at least 4 members (excludes halogenated alkanes) is 18. The van der Waals surface area contributed by atoms with Crippen LogP contribution in [0, 0.1) is 0 Å². The highest BCUT2D eigenvalue weighted by atomic mass is 16.6. The molecule has 0 aromatic heterocycles. The number of carboxylic acid groups (broad SMARTS) is 1. The molecule has 0 bridgehead atoms. The molecule has 0 aromatic rings. The number of nitrogens with zero attached hydrogens (tertiary/aromatic N) is 1. The van der Waals surface area contributed by atoms with E-state index in [0.717, 1.165) is 38.5 Å². The Bertz CT molecular complexity index is 707. The number of hydrogen-bond donors (Lipinski definition) is 1. The van der Waals surface area contributed by atoms with Crippen molar-refractivity contribution < 1.29 is 38.2 Å². The van der Waals surface area contributed by atoms with Crippen LogP contribution < -0.4 is 0 Å². The minimum absolute atomic E-state index is 0.0436. The maximum absolute atomic E-state index is 12.6. The predicted molar refractivity (Wildman–Crippen MR) is 179 cm³/mol. The molecule has 0 spiro atoms. The van der Waals surface area contributed by atoms with Crippen molar-refractivity contribution in [3.8, 4) is 0 Å². The fourth-order valence-electron chi connectivity index (χ4n) is 5.38. The van der Waals surface area contributed by atoms with Crippen molar-refractivity contribution in [3.05, 3.63) is 0 Å². The summed E-state index contributed by atoms with van der Waals surface area (Å²) in [4.78, 5) is 36.6. The highest BCUT2D eigenvalue weighted by molar-refractivity contribution is 5.72. The van der Waals surface area contributed by atoms with E-state index >= 15 is 0 Å². The fourth-order valence-corrected chi connectivity index (χ4v) is 5.38. The zero-order chi connectivity index (χ0) is 32.9. The van der Waals surface area contributed by atoms with Crippen LogP contribution in [0.3, 0.4) is 0 Å². The molecule has 0 radical (unpaired) electrons. The standard InChI is InChI=1S/C36H69NO7/c1-6-8-10-12-14-16-18-20-22-24-26-34(38)43-31-32(30-42-29-28-33(36(40)41)37(3,4)5)44-35(39)27-25-23-21-19-17-15-13-11-9-7-2/h32-33H,6-31H2,1-5H3/p+1. The molecule has 260 valence electrons. The van der Waals surface area contributed by atoms with Gasteiger partial charge in [0.1, 0.15) is 6.61 Å². The first-order valence-electron chi connectivity index (χ1n) is 18.1. The first-order valence-corrected chi connectivity index (χ1v) is 18.1. The Morgan fingerprint density at radius 3 is 1.41 bits per heavy atom. The predicted octanol–water partition coefficient (Wildman–Crippen LogP) is 8.63. The number of carbonyl (C=O) groups excluding carboxylic acids is 2. The molecule has 1 N–H and O–H groups in total. The number of aliphatic carboxylic acids is 1. The third-order valence-electron chi connectivity index (χ3n) is 8.26. The smallest absolute Gasteiger partial charge is 0.362 e. The van der Waals surface area contributed by atoms with Gasteiger partial charge in [0.15, 0.2) is 12.1 Å². The summed E-state index contributed by atoms with van der Waals surface area (Å²) >= 11 is 0. The van der Waals surface area contributed by atoms with Gasteiger partial charge in [-0.3, -0.25) is 9.59 Å². The average molecular weight is 629 g/mol. The summed E-state index contributed by atoms with van der Waals surface area (Å²) < 4.78 is 17.1.